The number of ether oxygens (including phenoxy) is 1. The third kappa shape index (κ3) is 4.98. The number of rotatable bonds is 7. The maximum absolute atomic E-state index is 13.0. The SMILES string of the molecule is NC(=O)c1c(Nc2cnc(-c3csc4c(=O)cc(N5CCOCC5)sc34)s2)nc(N[C@H]2CCCC[C@H]2N)n2cnnc12. The third-order valence-electron chi connectivity index (χ3n) is 7.57. The quantitative estimate of drug-likeness (QED) is 0.209. The molecule has 0 bridgehead atoms. The van der Waals surface area contributed by atoms with Gasteiger partial charge in [-0.2, -0.15) is 4.98 Å². The first-order valence-electron chi connectivity index (χ1n) is 13.6. The van der Waals surface area contributed by atoms with Gasteiger partial charge < -0.3 is 31.7 Å². The number of amides is 1. The number of nitrogens with zero attached hydrogens (tertiary/aromatic N) is 6. The molecule has 2 atom stereocenters. The van der Waals surface area contributed by atoms with Gasteiger partial charge in [0.1, 0.15) is 21.9 Å². The number of hydrogen-bond donors (Lipinski definition) is 4. The van der Waals surface area contributed by atoms with Crippen molar-refractivity contribution in [3.8, 4) is 10.6 Å². The van der Waals surface area contributed by atoms with Gasteiger partial charge in [-0.1, -0.05) is 24.2 Å². The highest BCUT2D eigenvalue weighted by Crippen LogP contribution is 2.41. The molecule has 1 aliphatic heterocycles. The van der Waals surface area contributed by atoms with Gasteiger partial charge in [-0.05, 0) is 12.8 Å². The van der Waals surface area contributed by atoms with Crippen LogP contribution in [-0.4, -0.2) is 68.9 Å². The topological polar surface area (TPSA) is 179 Å². The molecule has 5 aromatic heterocycles. The number of carbonyl (C=O) groups excluding carboxylic acids is 1. The molecule has 13 nitrogen and oxygen atoms in total. The zero-order valence-electron chi connectivity index (χ0n) is 22.4. The number of nitrogens with two attached hydrogens (primary N) is 2. The van der Waals surface area contributed by atoms with Crippen LogP contribution < -0.4 is 32.4 Å². The van der Waals surface area contributed by atoms with Crippen LogP contribution in [0.5, 0.6) is 0 Å². The molecule has 0 aromatic carbocycles. The maximum atomic E-state index is 13.0. The van der Waals surface area contributed by atoms with Crippen molar-refractivity contribution in [2.45, 2.75) is 37.8 Å². The monoisotopic (exact) mass is 624 g/mol. The number of fused-ring (bicyclic) bond motifs is 2. The zero-order valence-corrected chi connectivity index (χ0v) is 24.9. The smallest absolute Gasteiger partial charge is 0.256 e. The number of primary amides is 1. The van der Waals surface area contributed by atoms with Gasteiger partial charge in [-0.25, -0.2) is 4.98 Å². The first-order chi connectivity index (χ1) is 20.5. The Hall–Kier alpha value is -3.70. The summed E-state index contributed by atoms with van der Waals surface area (Å²) in [4.78, 5) is 37.1. The molecule has 1 amide bonds. The lowest BCUT2D eigenvalue weighted by molar-refractivity contribution is 0.100. The molecular weight excluding hydrogens is 597 g/mol. The molecule has 6 N–H and O–H groups in total. The van der Waals surface area contributed by atoms with E-state index in [1.54, 1.807) is 28.0 Å². The summed E-state index contributed by atoms with van der Waals surface area (Å²) in [6, 6.07) is 1.74. The second-order valence-electron chi connectivity index (χ2n) is 10.3. The lowest BCUT2D eigenvalue weighted by Gasteiger charge is -2.30. The standard InChI is InChI=1S/C26H28N10O3S3/c27-14-3-1-2-4-15(14)31-26-33-23(19(22(28)38)24-34-30-12-36(24)26)32-17-10-29-25(41-17)13-11-40-21-16(37)9-18(42-20(13)21)35-5-7-39-8-6-35/h9-12,14-15,32H,1-8,27H2,(H2,28,38)(H,31,33)/t14-,15+/m1/s1. The van der Waals surface area contributed by atoms with Crippen molar-refractivity contribution in [2.75, 3.05) is 41.8 Å². The minimum absolute atomic E-state index is 0.00557. The normalized spacial score (nSPS) is 19.4. The van der Waals surface area contributed by atoms with Gasteiger partial charge >= 0.3 is 0 Å². The molecule has 1 aliphatic carbocycles. The Balaban J connectivity index is 1.23. The number of morpholine rings is 1. The van der Waals surface area contributed by atoms with Gasteiger partial charge in [-0.15, -0.1) is 32.9 Å². The Kier molecular flexibility index (Phi) is 7.23. The first-order valence-corrected chi connectivity index (χ1v) is 16.1. The van der Waals surface area contributed by atoms with E-state index in [2.05, 4.69) is 30.7 Å². The highest BCUT2D eigenvalue weighted by Gasteiger charge is 2.26. The van der Waals surface area contributed by atoms with Crippen LogP contribution >= 0.6 is 34.0 Å². The summed E-state index contributed by atoms with van der Waals surface area (Å²) in [5.74, 6) is 0.0382. The van der Waals surface area contributed by atoms with E-state index in [-0.39, 0.29) is 28.9 Å². The molecule has 5 aromatic rings. The number of thiophene rings is 1. The number of thiazole rings is 1. The van der Waals surface area contributed by atoms with Crippen LogP contribution in [0.3, 0.4) is 0 Å². The molecule has 0 radical (unpaired) electrons. The zero-order chi connectivity index (χ0) is 28.8. The van der Waals surface area contributed by atoms with E-state index < -0.39 is 5.91 Å². The molecule has 0 spiro atoms. The second kappa shape index (κ2) is 11.2. The van der Waals surface area contributed by atoms with Crippen molar-refractivity contribution in [3.05, 3.63) is 39.8 Å². The van der Waals surface area contributed by atoms with E-state index in [1.807, 2.05) is 5.38 Å². The first kappa shape index (κ1) is 27.2. The average molecular weight is 625 g/mol. The van der Waals surface area contributed by atoms with Gasteiger partial charge in [0.25, 0.3) is 5.91 Å². The fraction of sp³-hybridized carbons (Fsp3) is 0.385. The van der Waals surface area contributed by atoms with Crippen molar-refractivity contribution in [1.82, 2.24) is 24.6 Å². The van der Waals surface area contributed by atoms with Gasteiger partial charge in [0, 0.05) is 42.2 Å². The second-order valence-corrected chi connectivity index (χ2v) is 13.2. The van der Waals surface area contributed by atoms with Crippen LogP contribution in [0.2, 0.25) is 0 Å². The van der Waals surface area contributed by atoms with Crippen molar-refractivity contribution in [3.63, 3.8) is 0 Å². The lowest BCUT2D eigenvalue weighted by Crippen LogP contribution is -2.43. The molecule has 42 heavy (non-hydrogen) atoms. The van der Waals surface area contributed by atoms with E-state index in [0.29, 0.717) is 34.5 Å². The van der Waals surface area contributed by atoms with Crippen LogP contribution in [0, 0.1) is 0 Å². The van der Waals surface area contributed by atoms with E-state index in [4.69, 9.17) is 21.2 Å². The number of hydrogen-bond acceptors (Lipinski definition) is 14. The van der Waals surface area contributed by atoms with E-state index in [0.717, 1.165) is 59.0 Å². The van der Waals surface area contributed by atoms with Crippen LogP contribution in [0.4, 0.5) is 21.8 Å². The molecule has 2 fully saturated rings. The molecular formula is C26H28N10O3S3. The van der Waals surface area contributed by atoms with Crippen LogP contribution in [-0.2, 0) is 4.74 Å². The predicted octanol–water partition coefficient (Wildman–Crippen LogP) is 3.25. The van der Waals surface area contributed by atoms with Gasteiger partial charge in [0.05, 0.1) is 33.8 Å². The number of anilines is 4. The Bertz CT molecular complexity index is 1840. The Morgan fingerprint density at radius 2 is 1.98 bits per heavy atom. The van der Waals surface area contributed by atoms with Gasteiger partial charge in [0.2, 0.25) is 5.95 Å². The predicted molar refractivity (Wildman–Crippen MR) is 167 cm³/mol. The molecule has 1 saturated carbocycles. The van der Waals surface area contributed by atoms with E-state index in [9.17, 15) is 9.59 Å². The molecule has 218 valence electrons. The minimum Gasteiger partial charge on any atom is -0.378 e. The molecule has 2 aliphatic rings. The van der Waals surface area contributed by atoms with Crippen LogP contribution in [0.15, 0.2) is 28.8 Å². The third-order valence-corrected chi connectivity index (χ3v) is 10.8. The van der Waals surface area contributed by atoms with E-state index in [1.165, 1.54) is 29.0 Å². The summed E-state index contributed by atoms with van der Waals surface area (Å²) in [7, 11) is 0. The highest BCUT2D eigenvalue weighted by atomic mass is 32.1. The largest absolute Gasteiger partial charge is 0.378 e. The summed E-state index contributed by atoms with van der Waals surface area (Å²) < 4.78 is 8.72. The summed E-state index contributed by atoms with van der Waals surface area (Å²) >= 11 is 4.41. The van der Waals surface area contributed by atoms with Gasteiger partial charge in [-0.3, -0.25) is 14.0 Å². The fourth-order valence-electron chi connectivity index (χ4n) is 5.40. The number of nitrogens with one attached hydrogen (secondary N) is 2. The van der Waals surface area contributed by atoms with E-state index >= 15 is 0 Å². The summed E-state index contributed by atoms with van der Waals surface area (Å²) in [6.07, 6.45) is 7.20. The summed E-state index contributed by atoms with van der Waals surface area (Å²) in [6.45, 7) is 2.79. The van der Waals surface area contributed by atoms with Crippen molar-refractivity contribution < 1.29 is 9.53 Å². The molecule has 0 unspecified atom stereocenters. The number of aromatic nitrogens is 5. The lowest BCUT2D eigenvalue weighted by atomic mass is 9.91. The number of carbonyl (C=O) groups is 1. The van der Waals surface area contributed by atoms with Crippen LogP contribution in [0.25, 0.3) is 25.6 Å². The molecule has 7 rings (SSSR count). The minimum atomic E-state index is -0.682. The van der Waals surface area contributed by atoms with Crippen molar-refractivity contribution >= 4 is 76.7 Å². The fourth-order valence-corrected chi connectivity index (χ4v) is 8.72. The molecule has 1 saturated heterocycles. The molecule has 6 heterocycles. The average Bonchev–Trinajstić information content (AvgIpc) is 3.75. The highest BCUT2D eigenvalue weighted by molar-refractivity contribution is 7.29. The Labute approximate surface area is 251 Å². The van der Waals surface area contributed by atoms with Gasteiger partial charge in [0.15, 0.2) is 16.9 Å². The Morgan fingerprint density at radius 3 is 2.79 bits per heavy atom. The van der Waals surface area contributed by atoms with Crippen molar-refractivity contribution in [2.24, 2.45) is 11.5 Å². The molecule has 16 heteroatoms. The summed E-state index contributed by atoms with van der Waals surface area (Å²) in [5, 5.41) is 19.1. The Morgan fingerprint density at radius 1 is 1.14 bits per heavy atom. The maximum Gasteiger partial charge on any atom is 0.256 e. The summed E-state index contributed by atoms with van der Waals surface area (Å²) in [5.41, 5.74) is 13.5. The van der Waals surface area contributed by atoms with Crippen LogP contribution in [0.1, 0.15) is 36.0 Å². The van der Waals surface area contributed by atoms with Crippen molar-refractivity contribution in [1.29, 1.82) is 0 Å².